The lowest BCUT2D eigenvalue weighted by Gasteiger charge is -2.15. The van der Waals surface area contributed by atoms with E-state index in [1.807, 2.05) is 0 Å². The Labute approximate surface area is 130 Å². The first-order chi connectivity index (χ1) is 10.6. The van der Waals surface area contributed by atoms with Crippen molar-refractivity contribution in [3.8, 4) is 0 Å². The Kier molecular flexibility index (Phi) is 4.28. The molecule has 8 heteroatoms. The number of sulfone groups is 1. The van der Waals surface area contributed by atoms with Gasteiger partial charge < -0.3 is 10.2 Å². The zero-order valence-electron chi connectivity index (χ0n) is 12.4. The first-order valence-electron chi connectivity index (χ1n) is 7.65. The molecular formula is C14H20N4O3S. The quantitative estimate of drug-likeness (QED) is 0.861. The van der Waals surface area contributed by atoms with Gasteiger partial charge in [-0.3, -0.25) is 4.79 Å². The fraction of sp³-hybridized carbons (Fsp3) is 0.643. The van der Waals surface area contributed by atoms with Crippen molar-refractivity contribution < 1.29 is 13.2 Å². The zero-order chi connectivity index (χ0) is 15.6. The van der Waals surface area contributed by atoms with Crippen LogP contribution in [0.3, 0.4) is 0 Å². The highest BCUT2D eigenvalue weighted by Gasteiger charge is 2.31. The standard InChI is InChI=1S/C14H20N4O3S/c19-14(15-10-11-4-3-9-22(11,20)21)12-5-6-13(17-16-12)18-7-1-2-8-18/h5-6,11H,1-4,7-10H2,(H,15,19). The maximum absolute atomic E-state index is 12.0. The molecule has 1 aromatic rings. The van der Waals surface area contributed by atoms with E-state index in [4.69, 9.17) is 0 Å². The molecule has 0 aliphatic carbocycles. The summed E-state index contributed by atoms with van der Waals surface area (Å²) in [6.07, 6.45) is 3.59. The van der Waals surface area contributed by atoms with Crippen molar-refractivity contribution in [1.29, 1.82) is 0 Å². The van der Waals surface area contributed by atoms with Crippen LogP contribution in [0, 0.1) is 0 Å². The third kappa shape index (κ3) is 3.21. The Hall–Kier alpha value is -1.70. The van der Waals surface area contributed by atoms with Crippen molar-refractivity contribution in [1.82, 2.24) is 15.5 Å². The topological polar surface area (TPSA) is 92.3 Å². The molecule has 3 rings (SSSR count). The van der Waals surface area contributed by atoms with Gasteiger partial charge in [-0.2, -0.15) is 0 Å². The number of anilines is 1. The van der Waals surface area contributed by atoms with Crippen molar-refractivity contribution in [2.45, 2.75) is 30.9 Å². The fourth-order valence-corrected chi connectivity index (χ4v) is 4.71. The molecule has 2 aliphatic heterocycles. The molecule has 2 fully saturated rings. The van der Waals surface area contributed by atoms with Crippen LogP contribution in [0.4, 0.5) is 5.82 Å². The number of rotatable bonds is 4. The van der Waals surface area contributed by atoms with Crippen LogP contribution in [0.15, 0.2) is 12.1 Å². The maximum Gasteiger partial charge on any atom is 0.271 e. The molecule has 22 heavy (non-hydrogen) atoms. The Morgan fingerprint density at radius 3 is 2.59 bits per heavy atom. The van der Waals surface area contributed by atoms with Crippen LogP contribution in [-0.4, -0.2) is 55.2 Å². The van der Waals surface area contributed by atoms with Gasteiger partial charge in [-0.25, -0.2) is 8.42 Å². The molecule has 1 aromatic heterocycles. The van der Waals surface area contributed by atoms with Gasteiger partial charge in [-0.1, -0.05) is 0 Å². The summed E-state index contributed by atoms with van der Waals surface area (Å²) in [7, 11) is -3.04. The van der Waals surface area contributed by atoms with Gasteiger partial charge in [0, 0.05) is 19.6 Å². The number of nitrogens with zero attached hydrogens (tertiary/aromatic N) is 3. The highest BCUT2D eigenvalue weighted by atomic mass is 32.2. The molecule has 120 valence electrons. The number of nitrogens with one attached hydrogen (secondary N) is 1. The lowest BCUT2D eigenvalue weighted by molar-refractivity contribution is 0.0947. The molecule has 0 saturated carbocycles. The van der Waals surface area contributed by atoms with Crippen LogP contribution in [0.5, 0.6) is 0 Å². The van der Waals surface area contributed by atoms with E-state index < -0.39 is 15.1 Å². The summed E-state index contributed by atoms with van der Waals surface area (Å²) in [5.74, 6) is 0.632. The Morgan fingerprint density at radius 1 is 1.23 bits per heavy atom. The van der Waals surface area contributed by atoms with E-state index in [9.17, 15) is 13.2 Å². The highest BCUT2D eigenvalue weighted by Crippen LogP contribution is 2.19. The van der Waals surface area contributed by atoms with Gasteiger partial charge >= 0.3 is 0 Å². The molecule has 2 saturated heterocycles. The van der Waals surface area contributed by atoms with Gasteiger partial charge in [0.25, 0.3) is 5.91 Å². The molecule has 2 aliphatic rings. The number of carbonyl (C=O) groups is 1. The van der Waals surface area contributed by atoms with Crippen LogP contribution in [0.2, 0.25) is 0 Å². The number of aromatic nitrogens is 2. The van der Waals surface area contributed by atoms with Crippen molar-refractivity contribution in [3.05, 3.63) is 17.8 Å². The van der Waals surface area contributed by atoms with Crippen LogP contribution in [-0.2, 0) is 9.84 Å². The normalized spacial score (nSPS) is 23.6. The Morgan fingerprint density at radius 2 is 2.00 bits per heavy atom. The average Bonchev–Trinajstić information content (AvgIpc) is 3.14. The van der Waals surface area contributed by atoms with Gasteiger partial charge in [0.05, 0.1) is 11.0 Å². The third-order valence-electron chi connectivity index (χ3n) is 4.27. The SMILES string of the molecule is O=C(NCC1CCCS1(=O)=O)c1ccc(N2CCCC2)nn1. The molecule has 0 radical (unpaired) electrons. The van der Waals surface area contributed by atoms with Gasteiger partial charge in [0.1, 0.15) is 0 Å². The van der Waals surface area contributed by atoms with Crippen LogP contribution < -0.4 is 10.2 Å². The van der Waals surface area contributed by atoms with Crippen LogP contribution in [0.1, 0.15) is 36.2 Å². The Balaban J connectivity index is 1.58. The highest BCUT2D eigenvalue weighted by molar-refractivity contribution is 7.92. The van der Waals surface area contributed by atoms with E-state index in [-0.39, 0.29) is 23.9 Å². The van der Waals surface area contributed by atoms with Gasteiger partial charge in [0.15, 0.2) is 21.3 Å². The lowest BCUT2D eigenvalue weighted by atomic mass is 10.2. The van der Waals surface area contributed by atoms with E-state index in [1.54, 1.807) is 12.1 Å². The molecule has 0 spiro atoms. The summed E-state index contributed by atoms with van der Waals surface area (Å²) in [5.41, 5.74) is 0.221. The first-order valence-corrected chi connectivity index (χ1v) is 9.36. The maximum atomic E-state index is 12.0. The van der Waals surface area contributed by atoms with Crippen LogP contribution >= 0.6 is 0 Å². The average molecular weight is 324 g/mol. The second-order valence-corrected chi connectivity index (χ2v) is 8.21. The molecule has 1 unspecified atom stereocenters. The minimum absolute atomic E-state index is 0.150. The fourth-order valence-electron chi connectivity index (χ4n) is 2.95. The van der Waals surface area contributed by atoms with E-state index in [1.165, 1.54) is 0 Å². The van der Waals surface area contributed by atoms with Crippen molar-refractivity contribution in [2.75, 3.05) is 30.3 Å². The molecule has 1 N–H and O–H groups in total. The van der Waals surface area contributed by atoms with Crippen molar-refractivity contribution in [2.24, 2.45) is 0 Å². The van der Waals surface area contributed by atoms with Crippen molar-refractivity contribution in [3.63, 3.8) is 0 Å². The van der Waals surface area contributed by atoms with Gasteiger partial charge in [0.2, 0.25) is 0 Å². The van der Waals surface area contributed by atoms with E-state index >= 15 is 0 Å². The smallest absolute Gasteiger partial charge is 0.271 e. The molecule has 0 bridgehead atoms. The minimum atomic E-state index is -3.04. The lowest BCUT2D eigenvalue weighted by Crippen LogP contribution is -2.35. The summed E-state index contributed by atoms with van der Waals surface area (Å²) in [6, 6.07) is 3.43. The molecular weight excluding hydrogens is 304 g/mol. The molecule has 3 heterocycles. The number of amides is 1. The van der Waals surface area contributed by atoms with Gasteiger partial charge in [-0.15, -0.1) is 10.2 Å². The number of carbonyl (C=O) groups excluding carboxylic acids is 1. The molecule has 0 aromatic carbocycles. The summed E-state index contributed by atoms with van der Waals surface area (Å²) < 4.78 is 23.4. The van der Waals surface area contributed by atoms with E-state index in [0.29, 0.717) is 12.8 Å². The van der Waals surface area contributed by atoms with E-state index in [2.05, 4.69) is 20.4 Å². The summed E-state index contributed by atoms with van der Waals surface area (Å²) >= 11 is 0. The third-order valence-corrected chi connectivity index (χ3v) is 6.54. The number of hydrogen-bond acceptors (Lipinski definition) is 6. The molecule has 7 nitrogen and oxygen atoms in total. The number of hydrogen-bond donors (Lipinski definition) is 1. The monoisotopic (exact) mass is 324 g/mol. The molecule has 1 amide bonds. The summed E-state index contributed by atoms with van der Waals surface area (Å²) in [5, 5.41) is 10.2. The second-order valence-electron chi connectivity index (χ2n) is 5.81. The predicted octanol–water partition coefficient (Wildman–Crippen LogP) is 0.384. The van der Waals surface area contributed by atoms with E-state index in [0.717, 1.165) is 31.7 Å². The largest absolute Gasteiger partial charge is 0.355 e. The van der Waals surface area contributed by atoms with Gasteiger partial charge in [-0.05, 0) is 37.8 Å². The minimum Gasteiger partial charge on any atom is -0.355 e. The predicted molar refractivity (Wildman–Crippen MR) is 82.6 cm³/mol. The summed E-state index contributed by atoms with van der Waals surface area (Å²) in [4.78, 5) is 14.2. The zero-order valence-corrected chi connectivity index (χ0v) is 13.2. The Bertz CT molecular complexity index is 639. The van der Waals surface area contributed by atoms with Crippen molar-refractivity contribution >= 4 is 21.6 Å². The molecule has 1 atom stereocenters. The van der Waals surface area contributed by atoms with Crippen LogP contribution in [0.25, 0.3) is 0 Å². The second kappa shape index (κ2) is 6.20. The first kappa shape index (κ1) is 15.2. The summed E-state index contributed by atoms with van der Waals surface area (Å²) in [6.45, 7) is 2.09.